The number of benzene rings is 1. The quantitative estimate of drug-likeness (QED) is 0.226. The van der Waals surface area contributed by atoms with Gasteiger partial charge < -0.3 is 19.1 Å². The van der Waals surface area contributed by atoms with E-state index in [2.05, 4.69) is 16.0 Å². The number of Topliss-reactive ketones (excluding diaryl/α,β-unsaturated/α-hetero) is 1. The molecule has 1 fully saturated rings. The van der Waals surface area contributed by atoms with Crippen molar-refractivity contribution in [2.75, 3.05) is 13.2 Å². The highest BCUT2D eigenvalue weighted by Crippen LogP contribution is 2.28. The largest absolute Gasteiger partial charge is 0.462 e. The fraction of sp³-hybridized carbons (Fsp3) is 0.581. The number of esters is 1. The molecule has 39 heavy (non-hydrogen) atoms. The van der Waals surface area contributed by atoms with Crippen molar-refractivity contribution in [1.29, 1.82) is 0 Å². The van der Waals surface area contributed by atoms with Crippen LogP contribution in [0.1, 0.15) is 72.7 Å². The van der Waals surface area contributed by atoms with Gasteiger partial charge in [0.05, 0.1) is 23.2 Å². The van der Waals surface area contributed by atoms with Gasteiger partial charge in [-0.15, -0.1) is 0 Å². The summed E-state index contributed by atoms with van der Waals surface area (Å²) in [6.07, 6.45) is 4.80. The number of hydrogen-bond acceptors (Lipinski definition) is 7. The van der Waals surface area contributed by atoms with E-state index in [1.807, 2.05) is 52.0 Å². The first kappa shape index (κ1) is 30.7. The lowest BCUT2D eigenvalue weighted by Crippen LogP contribution is -2.46. The molecule has 0 amide bonds. The Bertz CT molecular complexity index is 1200. The third-order valence-corrected chi connectivity index (χ3v) is 7.06. The number of nitrogens with one attached hydrogen (secondary N) is 1. The van der Waals surface area contributed by atoms with Crippen molar-refractivity contribution in [3.63, 3.8) is 0 Å². The van der Waals surface area contributed by atoms with E-state index in [-0.39, 0.29) is 17.8 Å². The summed E-state index contributed by atoms with van der Waals surface area (Å²) < 4.78 is 13.1. The molecule has 1 aromatic heterocycles. The Hall–Kier alpha value is -2.81. The van der Waals surface area contributed by atoms with Crippen LogP contribution in [0.5, 0.6) is 0 Å². The van der Waals surface area contributed by atoms with Crippen molar-refractivity contribution in [3.05, 3.63) is 47.3 Å². The molecule has 0 saturated carbocycles. The van der Waals surface area contributed by atoms with Gasteiger partial charge in [0.1, 0.15) is 11.9 Å². The molecule has 0 radical (unpaired) electrons. The molecule has 214 valence electrons. The van der Waals surface area contributed by atoms with Crippen LogP contribution in [-0.4, -0.2) is 57.9 Å². The predicted molar refractivity (Wildman–Crippen MR) is 154 cm³/mol. The minimum atomic E-state index is -0.897. The summed E-state index contributed by atoms with van der Waals surface area (Å²) in [7, 11) is 0. The summed E-state index contributed by atoms with van der Waals surface area (Å²) in [5.41, 5.74) is 4.43. The van der Waals surface area contributed by atoms with E-state index in [4.69, 9.17) is 14.5 Å². The fourth-order valence-electron chi connectivity index (χ4n) is 4.90. The molecule has 2 aromatic rings. The maximum Gasteiger partial charge on any atom is 0.326 e. The van der Waals surface area contributed by atoms with E-state index in [9.17, 15) is 14.7 Å². The zero-order valence-corrected chi connectivity index (χ0v) is 24.5. The van der Waals surface area contributed by atoms with Crippen LogP contribution in [-0.2, 0) is 32.2 Å². The summed E-state index contributed by atoms with van der Waals surface area (Å²) in [6, 6.07) is 5.27. The van der Waals surface area contributed by atoms with Gasteiger partial charge >= 0.3 is 5.97 Å². The standard InChI is InChI=1S/C31H45N3O5/c1-8-25(15-21(6)29(36)19(2)3)30-33-26-16-24(17-32-28(22(7)35)31(37)39-20(4)5)9-10-27(26)34(30)18-23-11-13-38-14-12-23/h8-10,15-16,19-20,22-23,28,32,35H,11-14,17-18H2,1-7H3/b21-15-,25-8+. The smallest absolute Gasteiger partial charge is 0.326 e. The minimum absolute atomic E-state index is 0.0706. The summed E-state index contributed by atoms with van der Waals surface area (Å²) in [5.74, 6) is 0.898. The van der Waals surface area contributed by atoms with Gasteiger partial charge in [-0.3, -0.25) is 14.9 Å². The first-order chi connectivity index (χ1) is 18.5. The van der Waals surface area contributed by atoms with E-state index >= 15 is 0 Å². The van der Waals surface area contributed by atoms with Gasteiger partial charge in [0, 0.05) is 37.8 Å². The summed E-state index contributed by atoms with van der Waals surface area (Å²) >= 11 is 0. The first-order valence-corrected chi connectivity index (χ1v) is 14.1. The van der Waals surface area contributed by atoms with Gasteiger partial charge in [-0.05, 0) is 82.7 Å². The Labute approximate surface area is 232 Å². The molecule has 8 heteroatoms. The Morgan fingerprint density at radius 2 is 1.90 bits per heavy atom. The van der Waals surface area contributed by atoms with Crippen LogP contribution in [0.15, 0.2) is 35.9 Å². The molecule has 1 aromatic carbocycles. The minimum Gasteiger partial charge on any atom is -0.462 e. The van der Waals surface area contributed by atoms with Crippen molar-refractivity contribution in [1.82, 2.24) is 14.9 Å². The third-order valence-electron chi connectivity index (χ3n) is 7.06. The lowest BCUT2D eigenvalue weighted by Gasteiger charge is -2.24. The molecule has 1 aliphatic rings. The van der Waals surface area contributed by atoms with E-state index in [1.54, 1.807) is 20.8 Å². The van der Waals surface area contributed by atoms with Crippen molar-refractivity contribution < 1.29 is 24.2 Å². The Morgan fingerprint density at radius 1 is 1.21 bits per heavy atom. The number of hydrogen-bond donors (Lipinski definition) is 2. The van der Waals surface area contributed by atoms with Gasteiger partial charge in [-0.1, -0.05) is 26.0 Å². The van der Waals surface area contributed by atoms with Crippen LogP contribution in [0.3, 0.4) is 0 Å². The number of ether oxygens (including phenoxy) is 2. The predicted octanol–water partition coefficient (Wildman–Crippen LogP) is 4.83. The number of aliphatic hydroxyl groups excluding tert-OH is 1. The molecule has 3 rings (SSSR count). The van der Waals surface area contributed by atoms with Crippen LogP contribution >= 0.6 is 0 Å². The molecule has 2 N–H and O–H groups in total. The summed E-state index contributed by atoms with van der Waals surface area (Å²) in [4.78, 5) is 30.1. The number of imidazole rings is 1. The summed E-state index contributed by atoms with van der Waals surface area (Å²) in [5, 5.41) is 13.3. The average Bonchev–Trinajstić information content (AvgIpc) is 3.23. The second kappa shape index (κ2) is 14.0. The molecule has 1 saturated heterocycles. The second-order valence-electron chi connectivity index (χ2n) is 11.1. The molecule has 0 bridgehead atoms. The van der Waals surface area contributed by atoms with Gasteiger partial charge in [0.25, 0.3) is 0 Å². The van der Waals surface area contributed by atoms with Crippen molar-refractivity contribution in [2.45, 2.75) is 92.6 Å². The number of carbonyl (C=O) groups excluding carboxylic acids is 2. The normalized spacial score (nSPS) is 17.2. The molecule has 2 heterocycles. The lowest BCUT2D eigenvalue weighted by molar-refractivity contribution is -0.152. The summed E-state index contributed by atoms with van der Waals surface area (Å²) in [6.45, 7) is 15.5. The number of allylic oxidation sites excluding steroid dienone is 4. The molecular formula is C31H45N3O5. The van der Waals surface area contributed by atoms with Crippen LogP contribution in [0.25, 0.3) is 16.6 Å². The Kier molecular flexibility index (Phi) is 11.0. The number of aromatic nitrogens is 2. The van der Waals surface area contributed by atoms with Gasteiger partial charge in [0.15, 0.2) is 5.78 Å². The second-order valence-corrected chi connectivity index (χ2v) is 11.1. The van der Waals surface area contributed by atoms with Crippen LogP contribution in [0.4, 0.5) is 0 Å². The molecule has 1 aliphatic heterocycles. The van der Waals surface area contributed by atoms with E-state index in [0.29, 0.717) is 18.0 Å². The maximum absolute atomic E-state index is 12.6. The van der Waals surface area contributed by atoms with E-state index < -0.39 is 18.1 Å². The SMILES string of the molecule is C/C=C(\C=C(\C)C(=O)C(C)C)c1nc2cc(CNC(C(=O)OC(C)C)C(C)O)ccc2n1CC1CCOCC1. The van der Waals surface area contributed by atoms with Crippen molar-refractivity contribution >= 4 is 28.4 Å². The Balaban J connectivity index is 1.96. The Morgan fingerprint density at radius 3 is 2.49 bits per heavy atom. The number of fused-ring (bicyclic) bond motifs is 1. The van der Waals surface area contributed by atoms with Crippen molar-refractivity contribution in [2.24, 2.45) is 11.8 Å². The third kappa shape index (κ3) is 8.10. The average molecular weight is 540 g/mol. The van der Waals surface area contributed by atoms with E-state index in [1.165, 1.54) is 0 Å². The fourth-order valence-corrected chi connectivity index (χ4v) is 4.90. The maximum atomic E-state index is 12.6. The molecule has 2 atom stereocenters. The molecule has 8 nitrogen and oxygen atoms in total. The van der Waals surface area contributed by atoms with Gasteiger partial charge in [-0.25, -0.2) is 4.98 Å². The van der Waals surface area contributed by atoms with E-state index in [0.717, 1.165) is 60.6 Å². The molecule has 0 aliphatic carbocycles. The monoisotopic (exact) mass is 539 g/mol. The molecule has 2 unspecified atom stereocenters. The first-order valence-electron chi connectivity index (χ1n) is 14.1. The highest BCUT2D eigenvalue weighted by atomic mass is 16.5. The molecular weight excluding hydrogens is 494 g/mol. The highest BCUT2D eigenvalue weighted by Gasteiger charge is 2.26. The number of nitrogens with zero attached hydrogens (tertiary/aromatic N) is 2. The number of ketones is 1. The van der Waals surface area contributed by atoms with Gasteiger partial charge in [-0.2, -0.15) is 0 Å². The number of rotatable bonds is 12. The lowest BCUT2D eigenvalue weighted by atomic mass is 9.99. The zero-order valence-electron chi connectivity index (χ0n) is 24.5. The van der Waals surface area contributed by atoms with Crippen molar-refractivity contribution in [3.8, 4) is 0 Å². The molecule has 0 spiro atoms. The number of carbonyl (C=O) groups is 2. The van der Waals surface area contributed by atoms with Crippen LogP contribution in [0.2, 0.25) is 0 Å². The van der Waals surface area contributed by atoms with Gasteiger partial charge in [0.2, 0.25) is 0 Å². The topological polar surface area (TPSA) is 103 Å². The van der Waals surface area contributed by atoms with Crippen LogP contribution < -0.4 is 5.32 Å². The zero-order chi connectivity index (χ0) is 28.7. The highest BCUT2D eigenvalue weighted by molar-refractivity contribution is 5.98. The number of aliphatic hydroxyl groups is 1. The van der Waals surface area contributed by atoms with Crippen LogP contribution in [0, 0.1) is 11.8 Å².